The van der Waals surface area contributed by atoms with Gasteiger partial charge in [-0.25, -0.2) is 0 Å². The van der Waals surface area contributed by atoms with Crippen molar-refractivity contribution >= 4 is 5.97 Å². The molecule has 0 fully saturated rings. The van der Waals surface area contributed by atoms with Crippen LogP contribution in [0.2, 0.25) is 0 Å². The Labute approximate surface area is 163 Å². The fourth-order valence-corrected chi connectivity index (χ4v) is 3.37. The lowest BCUT2D eigenvalue weighted by atomic mass is 10.0. The standard InChI is InChI=1S/C23H46O3/c1-6-7-8-15-18-21(26-23(2,3)4)19-16-13-11-9-10-12-14-17-20-22(24)25-5/h21H,6-20H2,1-5H3. The lowest BCUT2D eigenvalue weighted by Crippen LogP contribution is -2.27. The van der Waals surface area contributed by atoms with Crippen LogP contribution in [0.15, 0.2) is 0 Å². The summed E-state index contributed by atoms with van der Waals surface area (Å²) in [5, 5.41) is 0. The van der Waals surface area contributed by atoms with Crippen molar-refractivity contribution in [2.24, 2.45) is 0 Å². The van der Waals surface area contributed by atoms with Gasteiger partial charge in [-0.05, 0) is 40.0 Å². The summed E-state index contributed by atoms with van der Waals surface area (Å²) in [6.45, 7) is 8.78. The van der Waals surface area contributed by atoms with Gasteiger partial charge in [-0.15, -0.1) is 0 Å². The lowest BCUT2D eigenvalue weighted by molar-refractivity contribution is -0.140. The van der Waals surface area contributed by atoms with Crippen molar-refractivity contribution in [2.75, 3.05) is 7.11 Å². The average molecular weight is 371 g/mol. The largest absolute Gasteiger partial charge is 0.469 e. The van der Waals surface area contributed by atoms with Gasteiger partial charge in [0.05, 0.1) is 18.8 Å². The third kappa shape index (κ3) is 18.2. The molecule has 1 unspecified atom stereocenters. The number of carbonyl (C=O) groups excluding carboxylic acids is 1. The number of methoxy groups -OCH3 is 1. The number of hydrogen-bond donors (Lipinski definition) is 0. The molecule has 0 saturated heterocycles. The molecule has 0 spiro atoms. The highest BCUT2D eigenvalue weighted by Crippen LogP contribution is 2.21. The van der Waals surface area contributed by atoms with E-state index in [1.165, 1.54) is 84.2 Å². The monoisotopic (exact) mass is 370 g/mol. The highest BCUT2D eigenvalue weighted by atomic mass is 16.5. The number of rotatable bonds is 17. The van der Waals surface area contributed by atoms with E-state index in [0.29, 0.717) is 12.5 Å². The van der Waals surface area contributed by atoms with Crippen LogP contribution < -0.4 is 0 Å². The first-order chi connectivity index (χ1) is 12.4. The molecule has 0 N–H and O–H groups in total. The average Bonchev–Trinajstić information content (AvgIpc) is 2.58. The Morgan fingerprint density at radius 2 is 1.23 bits per heavy atom. The molecule has 0 aromatic heterocycles. The Balaban J connectivity index is 3.66. The number of hydrogen-bond acceptors (Lipinski definition) is 3. The van der Waals surface area contributed by atoms with Crippen molar-refractivity contribution in [1.82, 2.24) is 0 Å². The van der Waals surface area contributed by atoms with E-state index in [0.717, 1.165) is 12.8 Å². The normalized spacial score (nSPS) is 13.0. The molecule has 0 radical (unpaired) electrons. The van der Waals surface area contributed by atoms with Gasteiger partial charge in [0.2, 0.25) is 0 Å². The van der Waals surface area contributed by atoms with Gasteiger partial charge in [-0.3, -0.25) is 4.79 Å². The van der Waals surface area contributed by atoms with Gasteiger partial charge in [0, 0.05) is 6.42 Å². The van der Waals surface area contributed by atoms with Crippen LogP contribution in [0.1, 0.15) is 124 Å². The molecule has 0 aromatic rings. The Morgan fingerprint density at radius 1 is 0.769 bits per heavy atom. The summed E-state index contributed by atoms with van der Waals surface area (Å²) >= 11 is 0. The summed E-state index contributed by atoms with van der Waals surface area (Å²) < 4.78 is 10.9. The predicted molar refractivity (Wildman–Crippen MR) is 112 cm³/mol. The van der Waals surface area contributed by atoms with Crippen LogP contribution in [0.25, 0.3) is 0 Å². The number of ether oxygens (including phenoxy) is 2. The van der Waals surface area contributed by atoms with Crippen LogP contribution in [0.5, 0.6) is 0 Å². The third-order valence-corrected chi connectivity index (χ3v) is 4.78. The zero-order valence-electron chi connectivity index (χ0n) is 18.4. The molecule has 0 saturated carbocycles. The minimum atomic E-state index is -0.0771. The van der Waals surface area contributed by atoms with Crippen molar-refractivity contribution in [2.45, 2.75) is 136 Å². The molecular weight excluding hydrogens is 324 g/mol. The van der Waals surface area contributed by atoms with Gasteiger partial charge in [0.1, 0.15) is 0 Å². The molecular formula is C23H46O3. The van der Waals surface area contributed by atoms with E-state index in [1.54, 1.807) is 0 Å². The summed E-state index contributed by atoms with van der Waals surface area (Å²) in [4.78, 5) is 11.0. The van der Waals surface area contributed by atoms with Crippen LogP contribution in [0, 0.1) is 0 Å². The summed E-state index contributed by atoms with van der Waals surface area (Å²) in [7, 11) is 1.46. The van der Waals surface area contributed by atoms with Gasteiger partial charge < -0.3 is 9.47 Å². The maximum Gasteiger partial charge on any atom is 0.305 e. The van der Waals surface area contributed by atoms with Gasteiger partial charge in [0.15, 0.2) is 0 Å². The molecule has 26 heavy (non-hydrogen) atoms. The first-order valence-corrected chi connectivity index (χ1v) is 11.1. The summed E-state index contributed by atoms with van der Waals surface area (Å²) in [5.74, 6) is -0.0771. The second kappa shape index (κ2) is 16.6. The molecule has 0 aliphatic heterocycles. The van der Waals surface area contributed by atoms with Crippen LogP contribution in [0.4, 0.5) is 0 Å². The number of unbranched alkanes of at least 4 members (excludes halogenated alkanes) is 10. The first-order valence-electron chi connectivity index (χ1n) is 11.1. The van der Waals surface area contributed by atoms with Crippen LogP contribution >= 0.6 is 0 Å². The molecule has 0 amide bonds. The van der Waals surface area contributed by atoms with Crippen LogP contribution in [-0.4, -0.2) is 24.8 Å². The predicted octanol–water partition coefficient (Wildman–Crippen LogP) is 7.21. The first kappa shape index (κ1) is 25.4. The zero-order chi connectivity index (χ0) is 19.7. The topological polar surface area (TPSA) is 35.5 Å². The van der Waals surface area contributed by atoms with Crippen molar-refractivity contribution in [3.8, 4) is 0 Å². The lowest BCUT2D eigenvalue weighted by Gasteiger charge is -2.28. The molecule has 3 nitrogen and oxygen atoms in total. The Kier molecular flexibility index (Phi) is 16.2. The van der Waals surface area contributed by atoms with E-state index in [9.17, 15) is 4.79 Å². The van der Waals surface area contributed by atoms with Crippen molar-refractivity contribution in [3.05, 3.63) is 0 Å². The molecule has 0 rings (SSSR count). The number of carbonyl (C=O) groups is 1. The van der Waals surface area contributed by atoms with E-state index in [4.69, 9.17) is 4.74 Å². The fraction of sp³-hybridized carbons (Fsp3) is 0.957. The van der Waals surface area contributed by atoms with Crippen LogP contribution in [0.3, 0.4) is 0 Å². The quantitative estimate of drug-likeness (QED) is 0.200. The van der Waals surface area contributed by atoms with Crippen molar-refractivity contribution in [1.29, 1.82) is 0 Å². The molecule has 0 aliphatic rings. The van der Waals surface area contributed by atoms with E-state index < -0.39 is 0 Å². The smallest absolute Gasteiger partial charge is 0.305 e. The molecule has 0 aliphatic carbocycles. The Hall–Kier alpha value is -0.570. The fourth-order valence-electron chi connectivity index (χ4n) is 3.37. The molecule has 3 heteroatoms. The minimum Gasteiger partial charge on any atom is -0.469 e. The molecule has 0 heterocycles. The van der Waals surface area contributed by atoms with Gasteiger partial charge >= 0.3 is 5.97 Å². The second-order valence-corrected chi connectivity index (χ2v) is 8.64. The van der Waals surface area contributed by atoms with E-state index in [-0.39, 0.29) is 11.6 Å². The Morgan fingerprint density at radius 3 is 1.69 bits per heavy atom. The second-order valence-electron chi connectivity index (χ2n) is 8.64. The number of esters is 1. The van der Waals surface area contributed by atoms with Crippen molar-refractivity contribution in [3.63, 3.8) is 0 Å². The SMILES string of the molecule is CCCCCCC(CCCCCCCCCCC(=O)OC)OC(C)(C)C. The zero-order valence-corrected chi connectivity index (χ0v) is 18.4. The third-order valence-electron chi connectivity index (χ3n) is 4.78. The summed E-state index contributed by atoms with van der Waals surface area (Å²) in [6.07, 6.45) is 18.6. The Bertz CT molecular complexity index is 320. The molecule has 0 bridgehead atoms. The summed E-state index contributed by atoms with van der Waals surface area (Å²) in [5.41, 5.74) is -0.0282. The van der Waals surface area contributed by atoms with E-state index in [1.807, 2.05) is 0 Å². The van der Waals surface area contributed by atoms with Gasteiger partial charge in [-0.2, -0.15) is 0 Å². The maximum atomic E-state index is 11.0. The highest BCUT2D eigenvalue weighted by Gasteiger charge is 2.18. The van der Waals surface area contributed by atoms with Gasteiger partial charge in [-0.1, -0.05) is 77.6 Å². The molecule has 156 valence electrons. The molecule has 0 aromatic carbocycles. The minimum absolute atomic E-state index is 0.0282. The maximum absolute atomic E-state index is 11.0. The summed E-state index contributed by atoms with van der Waals surface area (Å²) in [6, 6.07) is 0. The van der Waals surface area contributed by atoms with E-state index >= 15 is 0 Å². The van der Waals surface area contributed by atoms with E-state index in [2.05, 4.69) is 32.4 Å². The highest BCUT2D eigenvalue weighted by molar-refractivity contribution is 5.68. The van der Waals surface area contributed by atoms with Crippen molar-refractivity contribution < 1.29 is 14.3 Å². The van der Waals surface area contributed by atoms with Crippen LogP contribution in [-0.2, 0) is 14.3 Å². The molecule has 1 atom stereocenters. The van der Waals surface area contributed by atoms with Gasteiger partial charge in [0.25, 0.3) is 0 Å².